The van der Waals surface area contributed by atoms with Crippen molar-refractivity contribution in [2.75, 3.05) is 0 Å². The van der Waals surface area contributed by atoms with Gasteiger partial charge in [-0.15, -0.1) is 0 Å². The van der Waals surface area contributed by atoms with Gasteiger partial charge in [-0.3, -0.25) is 4.98 Å². The van der Waals surface area contributed by atoms with E-state index in [-0.39, 0.29) is 17.5 Å². The molecule has 0 atom stereocenters. The largest absolute Gasteiger partial charge is 0.264 e. The number of benzene rings is 1. The summed E-state index contributed by atoms with van der Waals surface area (Å²) in [5, 5.41) is 0. The van der Waals surface area contributed by atoms with Gasteiger partial charge in [-0.2, -0.15) is 4.31 Å². The molecule has 116 valence electrons. The molecule has 0 radical (unpaired) electrons. The Morgan fingerprint density at radius 1 is 1.32 bits per heavy atom. The Morgan fingerprint density at radius 3 is 2.68 bits per heavy atom. The van der Waals surface area contributed by atoms with E-state index >= 15 is 0 Å². The van der Waals surface area contributed by atoms with Crippen LogP contribution >= 0.6 is 0 Å². The minimum atomic E-state index is -3.71. The lowest BCUT2D eigenvalue weighted by Crippen LogP contribution is -2.32. The Hall–Kier alpha value is -1.79. The lowest BCUT2D eigenvalue weighted by molar-refractivity contribution is 0.398. The van der Waals surface area contributed by atoms with Crippen LogP contribution in [-0.4, -0.2) is 23.7 Å². The molecule has 22 heavy (non-hydrogen) atoms. The van der Waals surface area contributed by atoms with E-state index in [9.17, 15) is 12.8 Å². The van der Waals surface area contributed by atoms with Crippen molar-refractivity contribution in [1.29, 1.82) is 0 Å². The lowest BCUT2D eigenvalue weighted by atomic mass is 10.2. The number of nitrogens with zero attached hydrogens (tertiary/aromatic N) is 2. The first kappa shape index (κ1) is 15.1. The van der Waals surface area contributed by atoms with Gasteiger partial charge < -0.3 is 0 Å². The second kappa shape index (κ2) is 5.78. The van der Waals surface area contributed by atoms with Gasteiger partial charge in [0.2, 0.25) is 10.0 Å². The summed E-state index contributed by atoms with van der Waals surface area (Å²) in [7, 11) is -3.71. The third-order valence-electron chi connectivity index (χ3n) is 3.77. The normalized spacial score (nSPS) is 15.2. The maximum atomic E-state index is 13.7. The highest BCUT2D eigenvalue weighted by Gasteiger charge is 2.38. The summed E-state index contributed by atoms with van der Waals surface area (Å²) in [5.74, 6) is -0.502. The van der Waals surface area contributed by atoms with Crippen LogP contribution in [0.4, 0.5) is 4.39 Å². The molecule has 0 unspecified atom stereocenters. The summed E-state index contributed by atoms with van der Waals surface area (Å²) < 4.78 is 40.8. The van der Waals surface area contributed by atoms with Crippen molar-refractivity contribution in [1.82, 2.24) is 9.29 Å². The van der Waals surface area contributed by atoms with E-state index in [4.69, 9.17) is 0 Å². The third kappa shape index (κ3) is 3.03. The Labute approximate surface area is 129 Å². The highest BCUT2D eigenvalue weighted by molar-refractivity contribution is 7.89. The average Bonchev–Trinajstić information content (AvgIpc) is 3.33. The van der Waals surface area contributed by atoms with Crippen LogP contribution in [0.3, 0.4) is 0 Å². The predicted molar refractivity (Wildman–Crippen MR) is 81.1 cm³/mol. The maximum Gasteiger partial charge on any atom is 0.243 e. The number of aromatic nitrogens is 1. The van der Waals surface area contributed by atoms with Gasteiger partial charge in [0.15, 0.2) is 0 Å². The van der Waals surface area contributed by atoms with Crippen molar-refractivity contribution in [3.05, 3.63) is 59.7 Å². The molecule has 3 rings (SSSR count). The summed E-state index contributed by atoms with van der Waals surface area (Å²) in [5.41, 5.74) is 1.26. The summed E-state index contributed by atoms with van der Waals surface area (Å²) in [4.78, 5) is 4.02. The van der Waals surface area contributed by atoms with Crippen LogP contribution in [0.5, 0.6) is 0 Å². The zero-order valence-electron chi connectivity index (χ0n) is 12.2. The number of rotatable bonds is 5. The van der Waals surface area contributed by atoms with Gasteiger partial charge in [-0.1, -0.05) is 12.1 Å². The van der Waals surface area contributed by atoms with Crippen LogP contribution in [0.2, 0.25) is 0 Å². The third-order valence-corrected chi connectivity index (χ3v) is 5.66. The zero-order valence-corrected chi connectivity index (χ0v) is 13.1. The number of halogens is 1. The molecule has 1 fully saturated rings. The molecule has 0 spiro atoms. The van der Waals surface area contributed by atoms with Crippen molar-refractivity contribution in [2.24, 2.45) is 0 Å². The van der Waals surface area contributed by atoms with Crippen molar-refractivity contribution in [3.63, 3.8) is 0 Å². The van der Waals surface area contributed by atoms with E-state index < -0.39 is 15.8 Å². The van der Waals surface area contributed by atoms with E-state index in [2.05, 4.69) is 4.98 Å². The van der Waals surface area contributed by atoms with E-state index in [1.807, 2.05) is 6.07 Å². The van der Waals surface area contributed by atoms with Crippen LogP contribution in [0.1, 0.15) is 24.0 Å². The molecule has 1 heterocycles. The fourth-order valence-corrected chi connectivity index (χ4v) is 4.00. The predicted octanol–water partition coefficient (Wildman–Crippen LogP) is 2.88. The summed E-state index contributed by atoms with van der Waals surface area (Å²) >= 11 is 0. The summed E-state index contributed by atoms with van der Waals surface area (Å²) in [6.45, 7) is 1.87. The van der Waals surface area contributed by atoms with E-state index in [1.54, 1.807) is 25.4 Å². The van der Waals surface area contributed by atoms with Gasteiger partial charge in [0.25, 0.3) is 0 Å². The maximum absolute atomic E-state index is 13.7. The molecular weight excluding hydrogens is 303 g/mol. The Bertz CT molecular complexity index is 774. The number of aryl methyl sites for hydroxylation is 1. The molecule has 1 aromatic heterocycles. The Balaban J connectivity index is 1.94. The molecule has 6 heteroatoms. The molecular formula is C16H17FN2O2S. The van der Waals surface area contributed by atoms with Gasteiger partial charge in [0, 0.05) is 25.0 Å². The number of hydrogen-bond donors (Lipinski definition) is 0. The molecule has 4 nitrogen and oxygen atoms in total. The molecule has 1 aromatic carbocycles. The summed E-state index contributed by atoms with van der Waals surface area (Å²) in [6.07, 6.45) is 4.98. The van der Waals surface area contributed by atoms with Gasteiger partial charge in [0.1, 0.15) is 5.82 Å². The van der Waals surface area contributed by atoms with Gasteiger partial charge in [-0.05, 0) is 49.1 Å². The topological polar surface area (TPSA) is 50.3 Å². The second-order valence-corrected chi connectivity index (χ2v) is 7.44. The average molecular weight is 320 g/mol. The minimum Gasteiger partial charge on any atom is -0.264 e. The smallest absolute Gasteiger partial charge is 0.243 e. The molecule has 0 aliphatic heterocycles. The monoisotopic (exact) mass is 320 g/mol. The summed E-state index contributed by atoms with van der Waals surface area (Å²) in [6, 6.07) is 7.67. The van der Waals surface area contributed by atoms with Crippen LogP contribution < -0.4 is 0 Å². The van der Waals surface area contributed by atoms with Crippen molar-refractivity contribution in [3.8, 4) is 0 Å². The first-order valence-corrected chi connectivity index (χ1v) is 8.59. The van der Waals surface area contributed by atoms with E-state index in [0.29, 0.717) is 5.56 Å². The van der Waals surface area contributed by atoms with E-state index in [0.717, 1.165) is 24.5 Å². The molecule has 1 aliphatic carbocycles. The molecule has 0 saturated heterocycles. The quantitative estimate of drug-likeness (QED) is 0.851. The standard InChI is InChI=1S/C16H17FN2O2S/c1-12-4-7-15(9-16(12)17)22(20,21)19(14-5-6-14)11-13-3-2-8-18-10-13/h2-4,7-10,14H,5-6,11H2,1H3. The highest BCUT2D eigenvalue weighted by Crippen LogP contribution is 2.33. The van der Waals surface area contributed by atoms with Crippen LogP contribution in [0.25, 0.3) is 0 Å². The van der Waals surface area contributed by atoms with Crippen LogP contribution in [0, 0.1) is 12.7 Å². The van der Waals surface area contributed by atoms with Crippen molar-refractivity contribution < 1.29 is 12.8 Å². The van der Waals surface area contributed by atoms with Gasteiger partial charge in [0.05, 0.1) is 4.90 Å². The Morgan fingerprint density at radius 2 is 2.09 bits per heavy atom. The molecule has 2 aromatic rings. The van der Waals surface area contributed by atoms with Gasteiger partial charge in [-0.25, -0.2) is 12.8 Å². The van der Waals surface area contributed by atoms with Crippen LogP contribution in [0.15, 0.2) is 47.6 Å². The van der Waals surface area contributed by atoms with Gasteiger partial charge >= 0.3 is 0 Å². The first-order chi connectivity index (χ1) is 10.5. The number of pyridine rings is 1. The van der Waals surface area contributed by atoms with Crippen molar-refractivity contribution in [2.45, 2.75) is 37.2 Å². The molecule has 0 amide bonds. The van der Waals surface area contributed by atoms with E-state index in [1.165, 1.54) is 16.4 Å². The number of sulfonamides is 1. The van der Waals surface area contributed by atoms with Crippen LogP contribution in [-0.2, 0) is 16.6 Å². The SMILES string of the molecule is Cc1ccc(S(=O)(=O)N(Cc2cccnc2)C2CC2)cc1F. The first-order valence-electron chi connectivity index (χ1n) is 7.15. The molecule has 1 saturated carbocycles. The zero-order chi connectivity index (χ0) is 15.7. The molecule has 0 N–H and O–H groups in total. The minimum absolute atomic E-state index is 0.00503. The molecule has 1 aliphatic rings. The fourth-order valence-electron chi connectivity index (χ4n) is 2.31. The Kier molecular flexibility index (Phi) is 3.97. The molecule has 0 bridgehead atoms. The second-order valence-electron chi connectivity index (χ2n) is 5.55. The lowest BCUT2D eigenvalue weighted by Gasteiger charge is -2.22. The fraction of sp³-hybridized carbons (Fsp3) is 0.312. The number of hydrogen-bond acceptors (Lipinski definition) is 3. The van der Waals surface area contributed by atoms with Crippen molar-refractivity contribution >= 4 is 10.0 Å². The highest BCUT2D eigenvalue weighted by atomic mass is 32.2.